The summed E-state index contributed by atoms with van der Waals surface area (Å²) in [5.74, 6) is -0.372. The Balaban J connectivity index is 1.86. The van der Waals surface area contributed by atoms with Crippen molar-refractivity contribution in [2.45, 2.75) is 19.4 Å². The number of carboxylic acids is 1. The Bertz CT molecular complexity index is 361. The number of likely N-dealkylation sites (tertiary alicyclic amines) is 1. The van der Waals surface area contributed by atoms with Crippen molar-refractivity contribution in [1.82, 2.24) is 9.88 Å². The fourth-order valence-electron chi connectivity index (χ4n) is 2.15. The molecule has 0 spiro atoms. The maximum absolute atomic E-state index is 10.5. The highest BCUT2D eigenvalue weighted by Gasteiger charge is 2.31. The third-order valence-electron chi connectivity index (χ3n) is 3.18. The van der Waals surface area contributed by atoms with Crippen molar-refractivity contribution in [3.05, 3.63) is 30.1 Å². The predicted octanol–water partition coefficient (Wildman–Crippen LogP) is 1.55. The first-order chi connectivity index (χ1) is 7.66. The molecule has 0 aliphatic carbocycles. The first-order valence-electron chi connectivity index (χ1n) is 5.52. The highest BCUT2D eigenvalue weighted by Crippen LogP contribution is 2.29. The molecule has 2 heterocycles. The molecule has 1 fully saturated rings. The average molecular weight is 220 g/mol. The molecule has 1 aliphatic heterocycles. The van der Waals surface area contributed by atoms with E-state index in [2.05, 4.69) is 16.8 Å². The molecule has 0 radical (unpaired) electrons. The van der Waals surface area contributed by atoms with Gasteiger partial charge < -0.3 is 5.11 Å². The first kappa shape index (κ1) is 11.1. The van der Waals surface area contributed by atoms with Crippen LogP contribution in [0.3, 0.4) is 0 Å². The molecule has 86 valence electrons. The number of aliphatic carboxylic acids is 1. The summed E-state index contributed by atoms with van der Waals surface area (Å²) in [5.41, 5.74) is 1.24. The van der Waals surface area contributed by atoms with Gasteiger partial charge in [-0.15, -0.1) is 0 Å². The van der Waals surface area contributed by atoms with Gasteiger partial charge in [0.15, 0.2) is 0 Å². The molecule has 1 atom stereocenters. The monoisotopic (exact) mass is 220 g/mol. The van der Waals surface area contributed by atoms with Crippen molar-refractivity contribution in [2.24, 2.45) is 5.92 Å². The van der Waals surface area contributed by atoms with E-state index >= 15 is 0 Å². The van der Waals surface area contributed by atoms with E-state index < -0.39 is 5.97 Å². The lowest BCUT2D eigenvalue weighted by Crippen LogP contribution is -2.48. The van der Waals surface area contributed by atoms with E-state index in [0.29, 0.717) is 18.4 Å². The van der Waals surface area contributed by atoms with Gasteiger partial charge in [0.25, 0.3) is 0 Å². The van der Waals surface area contributed by atoms with Crippen molar-refractivity contribution in [2.75, 3.05) is 13.1 Å². The molecule has 0 amide bonds. The van der Waals surface area contributed by atoms with E-state index in [1.165, 1.54) is 5.56 Å². The van der Waals surface area contributed by atoms with Crippen LogP contribution in [0.25, 0.3) is 0 Å². The number of hydrogen-bond donors (Lipinski definition) is 1. The van der Waals surface area contributed by atoms with Gasteiger partial charge in [0.05, 0.1) is 6.42 Å². The van der Waals surface area contributed by atoms with Crippen LogP contribution in [-0.2, 0) is 4.79 Å². The van der Waals surface area contributed by atoms with Crippen LogP contribution >= 0.6 is 0 Å². The van der Waals surface area contributed by atoms with Crippen LogP contribution < -0.4 is 0 Å². The summed E-state index contributed by atoms with van der Waals surface area (Å²) < 4.78 is 0. The summed E-state index contributed by atoms with van der Waals surface area (Å²) in [6.07, 6.45) is 3.88. The van der Waals surface area contributed by atoms with E-state index in [-0.39, 0.29) is 0 Å². The standard InChI is InChI=1S/C12H16N2O2/c1-9(11-2-4-13-5-3-11)14-7-10(8-14)6-12(15)16/h2-5,9-10H,6-8H2,1H3,(H,15,16). The Hall–Kier alpha value is -1.42. The van der Waals surface area contributed by atoms with E-state index in [4.69, 9.17) is 5.11 Å². The van der Waals surface area contributed by atoms with Crippen LogP contribution in [0.15, 0.2) is 24.5 Å². The minimum atomic E-state index is -0.693. The zero-order valence-corrected chi connectivity index (χ0v) is 9.34. The van der Waals surface area contributed by atoms with Crippen LogP contribution in [0.1, 0.15) is 24.9 Å². The van der Waals surface area contributed by atoms with Crippen LogP contribution in [0, 0.1) is 5.92 Å². The fraction of sp³-hybridized carbons (Fsp3) is 0.500. The van der Waals surface area contributed by atoms with Crippen molar-refractivity contribution in [1.29, 1.82) is 0 Å². The summed E-state index contributed by atoms with van der Waals surface area (Å²) in [5, 5.41) is 8.66. The molecule has 1 unspecified atom stereocenters. The van der Waals surface area contributed by atoms with Gasteiger partial charge in [-0.3, -0.25) is 14.7 Å². The molecule has 1 aromatic rings. The predicted molar refractivity (Wildman–Crippen MR) is 60.0 cm³/mol. The molecule has 0 aromatic carbocycles. The largest absolute Gasteiger partial charge is 0.481 e. The molecule has 1 N–H and O–H groups in total. The first-order valence-corrected chi connectivity index (χ1v) is 5.52. The van der Waals surface area contributed by atoms with Crippen LogP contribution in [-0.4, -0.2) is 34.0 Å². The molecule has 0 bridgehead atoms. The second-order valence-corrected chi connectivity index (χ2v) is 4.37. The Labute approximate surface area is 94.9 Å². The van der Waals surface area contributed by atoms with Gasteiger partial charge in [-0.1, -0.05) is 0 Å². The summed E-state index contributed by atoms with van der Waals surface area (Å²) in [4.78, 5) is 16.8. The van der Waals surface area contributed by atoms with Crippen molar-refractivity contribution < 1.29 is 9.90 Å². The number of rotatable bonds is 4. The molecular formula is C12H16N2O2. The minimum absolute atomic E-state index is 0.291. The van der Waals surface area contributed by atoms with E-state index in [1.807, 2.05) is 12.1 Å². The maximum atomic E-state index is 10.5. The van der Waals surface area contributed by atoms with Crippen LogP contribution in [0.5, 0.6) is 0 Å². The maximum Gasteiger partial charge on any atom is 0.303 e. The lowest BCUT2D eigenvalue weighted by atomic mass is 9.93. The molecule has 4 heteroatoms. The van der Waals surface area contributed by atoms with Gasteiger partial charge in [-0.2, -0.15) is 0 Å². The smallest absolute Gasteiger partial charge is 0.303 e. The Morgan fingerprint density at radius 3 is 2.75 bits per heavy atom. The van der Waals surface area contributed by atoms with Crippen molar-refractivity contribution in [3.63, 3.8) is 0 Å². The zero-order chi connectivity index (χ0) is 11.5. The normalized spacial score (nSPS) is 19.1. The summed E-state index contributed by atoms with van der Waals surface area (Å²) in [6.45, 7) is 3.91. The zero-order valence-electron chi connectivity index (χ0n) is 9.34. The van der Waals surface area contributed by atoms with E-state index in [1.54, 1.807) is 12.4 Å². The summed E-state index contributed by atoms with van der Waals surface area (Å²) in [7, 11) is 0. The van der Waals surface area contributed by atoms with Gasteiger partial charge >= 0.3 is 5.97 Å². The number of pyridine rings is 1. The topological polar surface area (TPSA) is 53.4 Å². The quantitative estimate of drug-likeness (QED) is 0.836. The van der Waals surface area contributed by atoms with Gasteiger partial charge in [0, 0.05) is 31.5 Å². The van der Waals surface area contributed by atoms with Crippen molar-refractivity contribution in [3.8, 4) is 0 Å². The van der Waals surface area contributed by atoms with Crippen LogP contribution in [0.2, 0.25) is 0 Å². The third-order valence-corrected chi connectivity index (χ3v) is 3.18. The van der Waals surface area contributed by atoms with Gasteiger partial charge in [-0.05, 0) is 30.5 Å². The lowest BCUT2D eigenvalue weighted by molar-refractivity contribution is -0.139. The van der Waals surface area contributed by atoms with E-state index in [9.17, 15) is 4.79 Å². The van der Waals surface area contributed by atoms with Gasteiger partial charge in [0.1, 0.15) is 0 Å². The summed E-state index contributed by atoms with van der Waals surface area (Å²) in [6, 6.07) is 4.37. The molecule has 1 saturated heterocycles. The third kappa shape index (κ3) is 2.39. The second-order valence-electron chi connectivity index (χ2n) is 4.37. The highest BCUT2D eigenvalue weighted by molar-refractivity contribution is 5.67. The number of carboxylic acid groups (broad SMARTS) is 1. The molecule has 1 aliphatic rings. The molecule has 1 aromatic heterocycles. The molecule has 4 nitrogen and oxygen atoms in total. The Morgan fingerprint density at radius 1 is 1.56 bits per heavy atom. The number of aromatic nitrogens is 1. The average Bonchev–Trinajstić information content (AvgIpc) is 2.23. The molecular weight excluding hydrogens is 204 g/mol. The Morgan fingerprint density at radius 2 is 2.19 bits per heavy atom. The second kappa shape index (κ2) is 4.61. The molecule has 2 rings (SSSR count). The van der Waals surface area contributed by atoms with Crippen molar-refractivity contribution >= 4 is 5.97 Å². The molecule has 16 heavy (non-hydrogen) atoms. The minimum Gasteiger partial charge on any atom is -0.481 e. The van der Waals surface area contributed by atoms with Gasteiger partial charge in [0.2, 0.25) is 0 Å². The lowest BCUT2D eigenvalue weighted by Gasteiger charge is -2.42. The Kier molecular flexibility index (Phi) is 3.19. The van der Waals surface area contributed by atoms with Crippen LogP contribution in [0.4, 0.5) is 0 Å². The number of nitrogens with zero attached hydrogens (tertiary/aromatic N) is 2. The summed E-state index contributed by atoms with van der Waals surface area (Å²) >= 11 is 0. The number of carbonyl (C=O) groups is 1. The molecule has 0 saturated carbocycles. The van der Waals surface area contributed by atoms with E-state index in [0.717, 1.165) is 13.1 Å². The highest BCUT2D eigenvalue weighted by atomic mass is 16.4. The number of hydrogen-bond acceptors (Lipinski definition) is 3. The van der Waals surface area contributed by atoms with Gasteiger partial charge in [-0.25, -0.2) is 0 Å². The fourth-order valence-corrected chi connectivity index (χ4v) is 2.15. The SMILES string of the molecule is CC(c1ccncc1)N1CC(CC(=O)O)C1.